The standard InChI is InChI=1S/C13H20N2/c1-10(2)7-13(15-14)9-12-6-4-5-11(3)8-12/h4-6,8,13,15H,1,7,9,14H2,2-3H3. The van der Waals surface area contributed by atoms with Crippen molar-refractivity contribution in [1.82, 2.24) is 5.43 Å². The van der Waals surface area contributed by atoms with E-state index in [1.165, 1.54) is 11.1 Å². The second kappa shape index (κ2) is 5.69. The highest BCUT2D eigenvalue weighted by atomic mass is 15.2. The number of nitrogens with two attached hydrogens (primary N) is 1. The van der Waals surface area contributed by atoms with Gasteiger partial charge in [-0.2, -0.15) is 0 Å². The van der Waals surface area contributed by atoms with Gasteiger partial charge in [0.1, 0.15) is 0 Å². The SMILES string of the molecule is C=C(C)CC(Cc1cccc(C)c1)NN. The molecule has 0 fully saturated rings. The van der Waals surface area contributed by atoms with E-state index in [0.717, 1.165) is 18.4 Å². The van der Waals surface area contributed by atoms with Gasteiger partial charge >= 0.3 is 0 Å². The molecule has 2 nitrogen and oxygen atoms in total. The average molecular weight is 204 g/mol. The van der Waals surface area contributed by atoms with E-state index < -0.39 is 0 Å². The van der Waals surface area contributed by atoms with Crippen molar-refractivity contribution in [3.05, 3.63) is 47.5 Å². The van der Waals surface area contributed by atoms with E-state index in [1.54, 1.807) is 0 Å². The molecule has 0 saturated carbocycles. The normalized spacial score (nSPS) is 12.5. The smallest absolute Gasteiger partial charge is 0.0287 e. The minimum Gasteiger partial charge on any atom is -0.271 e. The zero-order chi connectivity index (χ0) is 11.3. The van der Waals surface area contributed by atoms with Crippen molar-refractivity contribution in [2.75, 3.05) is 0 Å². The van der Waals surface area contributed by atoms with E-state index in [9.17, 15) is 0 Å². The van der Waals surface area contributed by atoms with Crippen molar-refractivity contribution in [3.63, 3.8) is 0 Å². The third kappa shape index (κ3) is 4.28. The number of rotatable bonds is 5. The van der Waals surface area contributed by atoms with Crippen LogP contribution in [0.3, 0.4) is 0 Å². The van der Waals surface area contributed by atoms with Crippen LogP contribution in [-0.2, 0) is 6.42 Å². The van der Waals surface area contributed by atoms with Crippen molar-refractivity contribution in [2.24, 2.45) is 5.84 Å². The lowest BCUT2D eigenvalue weighted by Gasteiger charge is -2.16. The second-order valence-electron chi connectivity index (χ2n) is 4.22. The maximum atomic E-state index is 5.52. The summed E-state index contributed by atoms with van der Waals surface area (Å²) in [6.07, 6.45) is 1.87. The number of nitrogens with one attached hydrogen (secondary N) is 1. The number of benzene rings is 1. The van der Waals surface area contributed by atoms with Crippen LogP contribution in [-0.4, -0.2) is 6.04 Å². The zero-order valence-corrected chi connectivity index (χ0v) is 9.59. The third-order valence-electron chi connectivity index (χ3n) is 2.40. The van der Waals surface area contributed by atoms with E-state index in [1.807, 2.05) is 6.92 Å². The first-order valence-electron chi connectivity index (χ1n) is 5.28. The highest BCUT2D eigenvalue weighted by molar-refractivity contribution is 5.23. The first-order chi connectivity index (χ1) is 7.11. The zero-order valence-electron chi connectivity index (χ0n) is 9.59. The van der Waals surface area contributed by atoms with Gasteiger partial charge in [0, 0.05) is 6.04 Å². The molecule has 82 valence electrons. The third-order valence-corrected chi connectivity index (χ3v) is 2.40. The molecule has 0 aliphatic rings. The van der Waals surface area contributed by atoms with E-state index in [4.69, 9.17) is 5.84 Å². The average Bonchev–Trinajstić information content (AvgIpc) is 2.16. The van der Waals surface area contributed by atoms with Gasteiger partial charge in [-0.3, -0.25) is 11.3 Å². The van der Waals surface area contributed by atoms with E-state index in [0.29, 0.717) is 0 Å². The summed E-state index contributed by atoms with van der Waals surface area (Å²) in [6, 6.07) is 8.80. The highest BCUT2D eigenvalue weighted by Crippen LogP contribution is 2.10. The van der Waals surface area contributed by atoms with Gasteiger partial charge in [-0.1, -0.05) is 35.4 Å². The van der Waals surface area contributed by atoms with E-state index in [2.05, 4.69) is 43.2 Å². The summed E-state index contributed by atoms with van der Waals surface area (Å²) in [7, 11) is 0. The largest absolute Gasteiger partial charge is 0.271 e. The Labute approximate surface area is 92.2 Å². The maximum absolute atomic E-state index is 5.52. The predicted octanol–water partition coefficient (Wildman–Crippen LogP) is 2.34. The van der Waals surface area contributed by atoms with Crippen LogP contribution in [0.1, 0.15) is 24.5 Å². The van der Waals surface area contributed by atoms with Gasteiger partial charge < -0.3 is 0 Å². The Morgan fingerprint density at radius 2 is 2.27 bits per heavy atom. The molecule has 0 aromatic heterocycles. The molecule has 0 bridgehead atoms. The highest BCUT2D eigenvalue weighted by Gasteiger charge is 2.07. The number of hydrogen-bond acceptors (Lipinski definition) is 2. The van der Waals surface area contributed by atoms with Gasteiger partial charge in [0.05, 0.1) is 0 Å². The molecule has 15 heavy (non-hydrogen) atoms. The van der Waals surface area contributed by atoms with Crippen LogP contribution in [0, 0.1) is 6.92 Å². The van der Waals surface area contributed by atoms with Crippen LogP contribution >= 0.6 is 0 Å². The summed E-state index contributed by atoms with van der Waals surface area (Å²) < 4.78 is 0. The summed E-state index contributed by atoms with van der Waals surface area (Å²) in [5.74, 6) is 5.52. The Morgan fingerprint density at radius 1 is 1.53 bits per heavy atom. The summed E-state index contributed by atoms with van der Waals surface area (Å²) in [5, 5.41) is 0. The van der Waals surface area contributed by atoms with E-state index >= 15 is 0 Å². The molecule has 1 aromatic carbocycles. The molecular weight excluding hydrogens is 184 g/mol. The minimum absolute atomic E-state index is 0.282. The van der Waals surface area contributed by atoms with Crippen LogP contribution in [0.5, 0.6) is 0 Å². The molecule has 0 saturated heterocycles. The van der Waals surface area contributed by atoms with Gasteiger partial charge in [-0.05, 0) is 32.3 Å². The molecule has 0 aliphatic heterocycles. The topological polar surface area (TPSA) is 38.0 Å². The Bertz CT molecular complexity index is 331. The monoisotopic (exact) mass is 204 g/mol. The molecule has 1 aromatic rings. The predicted molar refractivity (Wildman–Crippen MR) is 65.4 cm³/mol. The minimum atomic E-state index is 0.282. The molecule has 1 atom stereocenters. The van der Waals surface area contributed by atoms with Crippen molar-refractivity contribution >= 4 is 0 Å². The summed E-state index contributed by atoms with van der Waals surface area (Å²) in [5.41, 5.74) is 6.61. The maximum Gasteiger partial charge on any atom is 0.0287 e. The molecular formula is C13H20N2. The fourth-order valence-corrected chi connectivity index (χ4v) is 1.73. The van der Waals surface area contributed by atoms with Gasteiger partial charge in [-0.25, -0.2) is 0 Å². The molecule has 0 heterocycles. The van der Waals surface area contributed by atoms with Crippen LogP contribution in [0.2, 0.25) is 0 Å². The Balaban J connectivity index is 2.62. The molecule has 1 rings (SSSR count). The quantitative estimate of drug-likeness (QED) is 0.439. The van der Waals surface area contributed by atoms with Crippen LogP contribution < -0.4 is 11.3 Å². The van der Waals surface area contributed by atoms with Crippen molar-refractivity contribution in [3.8, 4) is 0 Å². The van der Waals surface area contributed by atoms with Crippen molar-refractivity contribution in [1.29, 1.82) is 0 Å². The molecule has 2 heteroatoms. The molecule has 3 N–H and O–H groups in total. The van der Waals surface area contributed by atoms with Gasteiger partial charge in [0.25, 0.3) is 0 Å². The van der Waals surface area contributed by atoms with Crippen molar-refractivity contribution < 1.29 is 0 Å². The lowest BCUT2D eigenvalue weighted by Crippen LogP contribution is -2.36. The summed E-state index contributed by atoms with van der Waals surface area (Å²) in [4.78, 5) is 0. The number of aryl methyl sites for hydroxylation is 1. The Hall–Kier alpha value is -1.12. The van der Waals surface area contributed by atoms with Gasteiger partial charge in [-0.15, -0.1) is 6.58 Å². The fourth-order valence-electron chi connectivity index (χ4n) is 1.73. The van der Waals surface area contributed by atoms with Crippen LogP contribution in [0.4, 0.5) is 0 Å². The van der Waals surface area contributed by atoms with Crippen molar-refractivity contribution in [2.45, 2.75) is 32.7 Å². The fraction of sp³-hybridized carbons (Fsp3) is 0.385. The Kier molecular flexibility index (Phi) is 4.53. The summed E-state index contributed by atoms with van der Waals surface area (Å²) in [6.45, 7) is 8.04. The molecule has 0 amide bonds. The van der Waals surface area contributed by atoms with Gasteiger partial charge in [0.2, 0.25) is 0 Å². The number of hydrazine groups is 1. The molecule has 1 unspecified atom stereocenters. The van der Waals surface area contributed by atoms with E-state index in [-0.39, 0.29) is 6.04 Å². The van der Waals surface area contributed by atoms with Gasteiger partial charge in [0.15, 0.2) is 0 Å². The van der Waals surface area contributed by atoms with Crippen LogP contribution in [0.15, 0.2) is 36.4 Å². The molecule has 0 aliphatic carbocycles. The Morgan fingerprint density at radius 3 is 2.80 bits per heavy atom. The molecule has 0 spiro atoms. The lowest BCUT2D eigenvalue weighted by molar-refractivity contribution is 0.521. The second-order valence-corrected chi connectivity index (χ2v) is 4.22. The lowest BCUT2D eigenvalue weighted by atomic mass is 10.00. The molecule has 0 radical (unpaired) electrons. The summed E-state index contributed by atoms with van der Waals surface area (Å²) >= 11 is 0. The first-order valence-corrected chi connectivity index (χ1v) is 5.28. The number of hydrogen-bond donors (Lipinski definition) is 2. The van der Waals surface area contributed by atoms with Crippen LogP contribution in [0.25, 0.3) is 0 Å². The first kappa shape index (κ1) is 12.0.